The molecule has 0 rings (SSSR count). The molecule has 0 aliphatic rings. The highest BCUT2D eigenvalue weighted by molar-refractivity contribution is 5.80. The number of aliphatic hydroxyl groups excluding tert-OH is 3. The summed E-state index contributed by atoms with van der Waals surface area (Å²) in [7, 11) is 0. The van der Waals surface area contributed by atoms with Crippen molar-refractivity contribution in [2.24, 2.45) is 0 Å². The molecule has 0 saturated carbocycles. The molecule has 59 heavy (non-hydrogen) atoms. The maximum Gasteiger partial charge on any atom is 0.249 e. The third-order valence-corrected chi connectivity index (χ3v) is 12.9. The Hall–Kier alpha value is -0.910. The predicted molar refractivity (Wildman–Crippen MR) is 259 cm³/mol. The molecule has 0 saturated heterocycles. The molecule has 0 spiro atoms. The summed E-state index contributed by atoms with van der Waals surface area (Å²) < 4.78 is 0. The first kappa shape index (κ1) is 58.1. The number of carbonyl (C=O) groups excluding carboxylic acids is 1. The standard InChI is InChI=1S/C54H107NO4/c1-3-5-7-9-11-13-15-17-19-21-22-23-24-25-26-27-28-29-30-31-33-35-37-39-41-43-45-47-49-53(58)54(59)55-51(50-56)52(57)48-46-44-42-40-38-36-34-32-20-18-16-14-12-10-8-6-4-2/h46,48,51-53,56-58H,3-45,47,49-50H2,1-2H3,(H,55,59)/b48-46+. The summed E-state index contributed by atoms with van der Waals surface area (Å²) in [5.74, 6) is -0.496. The van der Waals surface area contributed by atoms with Gasteiger partial charge < -0.3 is 20.6 Å². The lowest BCUT2D eigenvalue weighted by molar-refractivity contribution is -0.131. The lowest BCUT2D eigenvalue weighted by Crippen LogP contribution is -2.48. The quantitative estimate of drug-likeness (QED) is 0.0363. The Balaban J connectivity index is 3.52. The zero-order valence-electron chi connectivity index (χ0n) is 40.2. The van der Waals surface area contributed by atoms with Crippen molar-refractivity contribution in [2.45, 2.75) is 321 Å². The fourth-order valence-corrected chi connectivity index (χ4v) is 8.66. The summed E-state index contributed by atoms with van der Waals surface area (Å²) in [6.07, 6.45) is 61.4. The minimum atomic E-state index is -1.09. The van der Waals surface area contributed by atoms with Gasteiger partial charge in [0, 0.05) is 0 Å². The van der Waals surface area contributed by atoms with Gasteiger partial charge >= 0.3 is 0 Å². The van der Waals surface area contributed by atoms with Crippen molar-refractivity contribution in [1.29, 1.82) is 0 Å². The Morgan fingerprint density at radius 2 is 0.661 bits per heavy atom. The zero-order chi connectivity index (χ0) is 43.0. The molecule has 0 aromatic heterocycles. The van der Waals surface area contributed by atoms with Gasteiger partial charge in [0.25, 0.3) is 0 Å². The van der Waals surface area contributed by atoms with Crippen LogP contribution in [0.3, 0.4) is 0 Å². The van der Waals surface area contributed by atoms with Gasteiger partial charge in [-0.3, -0.25) is 4.79 Å². The molecule has 0 bridgehead atoms. The highest BCUT2D eigenvalue weighted by Gasteiger charge is 2.22. The molecule has 0 radical (unpaired) electrons. The summed E-state index contributed by atoms with van der Waals surface area (Å²) in [4.78, 5) is 12.5. The molecule has 352 valence electrons. The SMILES string of the molecule is CCCCCCCCCCCCCCCCC/C=C/C(O)C(CO)NC(=O)C(O)CCCCCCCCCCCCCCCCCCCCCCCCCCCCCC. The molecular formula is C54H107NO4. The van der Waals surface area contributed by atoms with Gasteiger partial charge in [-0.25, -0.2) is 0 Å². The van der Waals surface area contributed by atoms with Crippen LogP contribution in [0.4, 0.5) is 0 Å². The lowest BCUT2D eigenvalue weighted by atomic mass is 10.0. The van der Waals surface area contributed by atoms with Crippen LogP contribution in [0.15, 0.2) is 12.2 Å². The molecular weight excluding hydrogens is 727 g/mol. The highest BCUT2D eigenvalue weighted by atomic mass is 16.3. The summed E-state index contributed by atoms with van der Waals surface area (Å²) >= 11 is 0. The number of hydrogen-bond acceptors (Lipinski definition) is 4. The molecule has 3 atom stereocenters. The van der Waals surface area contributed by atoms with Gasteiger partial charge in [-0.2, -0.15) is 0 Å². The Bertz CT molecular complexity index is 833. The molecule has 0 fully saturated rings. The molecule has 4 N–H and O–H groups in total. The molecule has 0 aliphatic heterocycles. The zero-order valence-corrected chi connectivity index (χ0v) is 40.2. The monoisotopic (exact) mass is 834 g/mol. The number of allylic oxidation sites excluding steroid dienone is 1. The highest BCUT2D eigenvalue weighted by Crippen LogP contribution is 2.18. The van der Waals surface area contributed by atoms with Gasteiger partial charge in [-0.05, 0) is 19.3 Å². The smallest absolute Gasteiger partial charge is 0.249 e. The number of hydrogen-bond donors (Lipinski definition) is 4. The molecule has 5 heteroatoms. The first-order valence-corrected chi connectivity index (χ1v) is 27.0. The van der Waals surface area contributed by atoms with Gasteiger partial charge in [-0.15, -0.1) is 0 Å². The first-order chi connectivity index (χ1) is 29.1. The van der Waals surface area contributed by atoms with Gasteiger partial charge in [0.2, 0.25) is 5.91 Å². The van der Waals surface area contributed by atoms with Gasteiger partial charge in [0.1, 0.15) is 6.10 Å². The average Bonchev–Trinajstić information content (AvgIpc) is 3.24. The number of nitrogens with one attached hydrogen (secondary N) is 1. The summed E-state index contributed by atoms with van der Waals surface area (Å²) in [6, 6.07) is -0.793. The van der Waals surface area contributed by atoms with E-state index in [1.165, 1.54) is 250 Å². The van der Waals surface area contributed by atoms with Crippen molar-refractivity contribution in [3.8, 4) is 0 Å². The number of unbranched alkanes of at least 4 members (excludes halogenated alkanes) is 42. The fraction of sp³-hybridized carbons (Fsp3) is 0.944. The average molecular weight is 834 g/mol. The molecule has 0 heterocycles. The van der Waals surface area contributed by atoms with Crippen LogP contribution in [-0.2, 0) is 4.79 Å². The minimum absolute atomic E-state index is 0.359. The predicted octanol–water partition coefficient (Wildman–Crippen LogP) is 16.3. The van der Waals surface area contributed by atoms with Crippen LogP contribution >= 0.6 is 0 Å². The molecule has 0 aromatic rings. The van der Waals surface area contributed by atoms with E-state index in [-0.39, 0.29) is 6.61 Å². The number of amides is 1. The van der Waals surface area contributed by atoms with Crippen LogP contribution in [-0.4, -0.2) is 46.1 Å². The summed E-state index contributed by atoms with van der Waals surface area (Å²) in [5, 5.41) is 33.3. The van der Waals surface area contributed by atoms with E-state index in [4.69, 9.17) is 0 Å². The molecule has 0 aromatic carbocycles. The lowest BCUT2D eigenvalue weighted by Gasteiger charge is -2.21. The second-order valence-electron chi connectivity index (χ2n) is 18.8. The van der Waals surface area contributed by atoms with Crippen molar-refractivity contribution < 1.29 is 20.1 Å². The molecule has 1 amide bonds. The van der Waals surface area contributed by atoms with E-state index in [0.29, 0.717) is 6.42 Å². The third kappa shape index (κ3) is 44.9. The van der Waals surface area contributed by atoms with Crippen LogP contribution in [0, 0.1) is 0 Å². The van der Waals surface area contributed by atoms with E-state index in [0.717, 1.165) is 32.1 Å². The second kappa shape index (κ2) is 49.7. The van der Waals surface area contributed by atoms with E-state index in [9.17, 15) is 20.1 Å². The summed E-state index contributed by atoms with van der Waals surface area (Å²) in [5.41, 5.74) is 0. The summed E-state index contributed by atoms with van der Waals surface area (Å²) in [6.45, 7) is 4.22. The Kier molecular flexibility index (Phi) is 49.0. The Morgan fingerprint density at radius 3 is 0.932 bits per heavy atom. The maximum absolute atomic E-state index is 12.5. The normalized spacial score (nSPS) is 13.4. The van der Waals surface area contributed by atoms with E-state index in [1.807, 2.05) is 6.08 Å². The van der Waals surface area contributed by atoms with Gasteiger partial charge in [0.15, 0.2) is 0 Å². The molecule has 5 nitrogen and oxygen atoms in total. The van der Waals surface area contributed by atoms with E-state index in [2.05, 4.69) is 19.2 Å². The van der Waals surface area contributed by atoms with E-state index < -0.39 is 24.2 Å². The minimum Gasteiger partial charge on any atom is -0.394 e. The third-order valence-electron chi connectivity index (χ3n) is 12.9. The van der Waals surface area contributed by atoms with Crippen molar-refractivity contribution in [1.82, 2.24) is 5.32 Å². The van der Waals surface area contributed by atoms with E-state index >= 15 is 0 Å². The number of rotatable bonds is 50. The van der Waals surface area contributed by atoms with Crippen LogP contribution in [0.2, 0.25) is 0 Å². The van der Waals surface area contributed by atoms with Crippen LogP contribution in [0.25, 0.3) is 0 Å². The van der Waals surface area contributed by atoms with Crippen molar-refractivity contribution >= 4 is 5.91 Å². The van der Waals surface area contributed by atoms with Crippen LogP contribution < -0.4 is 5.32 Å². The van der Waals surface area contributed by atoms with Gasteiger partial charge in [-0.1, -0.05) is 296 Å². The molecule has 3 unspecified atom stereocenters. The Labute approximate surface area is 369 Å². The number of aliphatic hydroxyl groups is 3. The molecule has 0 aliphatic carbocycles. The maximum atomic E-state index is 12.5. The first-order valence-electron chi connectivity index (χ1n) is 27.0. The topological polar surface area (TPSA) is 89.8 Å². The van der Waals surface area contributed by atoms with E-state index in [1.54, 1.807) is 6.08 Å². The second-order valence-corrected chi connectivity index (χ2v) is 18.8. The number of carbonyl (C=O) groups is 1. The van der Waals surface area contributed by atoms with Crippen LogP contribution in [0.5, 0.6) is 0 Å². The Morgan fingerprint density at radius 1 is 0.407 bits per heavy atom. The van der Waals surface area contributed by atoms with Crippen molar-refractivity contribution in [2.75, 3.05) is 6.61 Å². The van der Waals surface area contributed by atoms with Crippen LogP contribution in [0.1, 0.15) is 303 Å². The van der Waals surface area contributed by atoms with Crippen molar-refractivity contribution in [3.05, 3.63) is 12.2 Å². The van der Waals surface area contributed by atoms with Gasteiger partial charge in [0.05, 0.1) is 18.8 Å². The fourth-order valence-electron chi connectivity index (χ4n) is 8.66. The van der Waals surface area contributed by atoms with Crippen molar-refractivity contribution in [3.63, 3.8) is 0 Å². The largest absolute Gasteiger partial charge is 0.394 e.